The minimum Gasteiger partial charge on any atom is -0.482 e. The van der Waals surface area contributed by atoms with Crippen LogP contribution >= 0.6 is 50.7 Å². The number of rotatable bonds is 9. The Morgan fingerprint density at radius 1 is 0.973 bits per heavy atom. The zero-order valence-corrected chi connectivity index (χ0v) is 24.6. The van der Waals surface area contributed by atoms with Crippen LogP contribution in [0.1, 0.15) is 31.9 Å². The van der Waals surface area contributed by atoms with Crippen LogP contribution in [-0.2, 0) is 22.6 Å². The summed E-state index contributed by atoms with van der Waals surface area (Å²) in [5.74, 6) is -0.312. The number of carbonyl (C=O) groups is 2. The van der Waals surface area contributed by atoms with E-state index in [1.807, 2.05) is 51.1 Å². The Hall–Kier alpha value is -2.25. The monoisotopic (exact) mass is 624 g/mol. The summed E-state index contributed by atoms with van der Waals surface area (Å²) >= 11 is 22.2. The number of carbonyl (C=O) groups excluding carboxylic acids is 2. The van der Waals surface area contributed by atoms with E-state index in [0.29, 0.717) is 32.8 Å². The minimum absolute atomic E-state index is 0.0847. The van der Waals surface area contributed by atoms with Crippen LogP contribution in [-0.4, -0.2) is 34.9 Å². The highest BCUT2D eigenvalue weighted by Gasteiger charge is 2.33. The van der Waals surface area contributed by atoms with Crippen molar-refractivity contribution in [3.8, 4) is 5.75 Å². The molecular weight excluding hydrogens is 599 g/mol. The van der Waals surface area contributed by atoms with E-state index in [1.165, 1.54) is 4.90 Å². The lowest BCUT2D eigenvalue weighted by molar-refractivity contribution is -0.143. The largest absolute Gasteiger partial charge is 0.482 e. The molecule has 2 amide bonds. The zero-order chi connectivity index (χ0) is 27.2. The van der Waals surface area contributed by atoms with E-state index in [2.05, 4.69) is 21.2 Å². The Morgan fingerprint density at radius 3 is 2.30 bits per heavy atom. The molecule has 0 aromatic heterocycles. The molecule has 5 nitrogen and oxygen atoms in total. The average Bonchev–Trinajstić information content (AvgIpc) is 2.81. The molecule has 0 spiro atoms. The smallest absolute Gasteiger partial charge is 0.261 e. The van der Waals surface area contributed by atoms with Crippen LogP contribution in [0.2, 0.25) is 15.1 Å². The van der Waals surface area contributed by atoms with Gasteiger partial charge in [0.15, 0.2) is 6.61 Å². The molecule has 3 aromatic rings. The number of nitrogens with zero attached hydrogens (tertiary/aromatic N) is 1. The molecule has 0 radical (unpaired) electrons. The average molecular weight is 627 g/mol. The van der Waals surface area contributed by atoms with Crippen LogP contribution < -0.4 is 10.1 Å². The number of halogens is 4. The molecule has 0 saturated carbocycles. The first-order valence-electron chi connectivity index (χ1n) is 11.6. The Bertz CT molecular complexity index is 1250. The van der Waals surface area contributed by atoms with Crippen LogP contribution in [0, 0.1) is 0 Å². The van der Waals surface area contributed by atoms with Gasteiger partial charge in [0.1, 0.15) is 11.8 Å². The van der Waals surface area contributed by atoms with Gasteiger partial charge in [0.05, 0.1) is 5.02 Å². The number of benzene rings is 3. The van der Waals surface area contributed by atoms with Gasteiger partial charge in [-0.25, -0.2) is 0 Å². The van der Waals surface area contributed by atoms with Gasteiger partial charge < -0.3 is 15.0 Å². The summed E-state index contributed by atoms with van der Waals surface area (Å²) in [5.41, 5.74) is 1.07. The lowest BCUT2D eigenvalue weighted by atomic mass is 10.0. The summed E-state index contributed by atoms with van der Waals surface area (Å²) in [6, 6.07) is 18.9. The summed E-state index contributed by atoms with van der Waals surface area (Å²) in [7, 11) is 0. The van der Waals surface area contributed by atoms with E-state index >= 15 is 0 Å². The minimum atomic E-state index is -0.829. The van der Waals surface area contributed by atoms with Crippen molar-refractivity contribution < 1.29 is 14.3 Å². The molecule has 37 heavy (non-hydrogen) atoms. The number of amides is 2. The first-order chi connectivity index (χ1) is 17.4. The highest BCUT2D eigenvalue weighted by atomic mass is 79.9. The van der Waals surface area contributed by atoms with Gasteiger partial charge in [0, 0.05) is 33.0 Å². The predicted molar refractivity (Wildman–Crippen MR) is 153 cm³/mol. The normalized spacial score (nSPS) is 12.1. The third kappa shape index (κ3) is 8.92. The standard InChI is InChI=1S/C28H28BrCl3N2O3/c1-28(2,3)33-27(36)24(13-18-7-5-4-6-8-18)34(16-19-9-11-21(30)15-22(19)31)26(35)17-37-25-12-10-20(29)14-23(25)32/h4-12,14-15,24H,13,16-17H2,1-3H3,(H,33,36)/t24-/m0/s1. The van der Waals surface area contributed by atoms with E-state index in [9.17, 15) is 9.59 Å². The van der Waals surface area contributed by atoms with Gasteiger partial charge in [-0.2, -0.15) is 0 Å². The third-order valence-electron chi connectivity index (χ3n) is 5.37. The molecule has 0 aliphatic rings. The predicted octanol–water partition coefficient (Wildman–Crippen LogP) is 7.34. The second-order valence-corrected chi connectivity index (χ2v) is 11.7. The fraction of sp³-hybridized carbons (Fsp3) is 0.286. The van der Waals surface area contributed by atoms with E-state index in [-0.39, 0.29) is 19.1 Å². The van der Waals surface area contributed by atoms with Crippen LogP contribution in [0.25, 0.3) is 0 Å². The van der Waals surface area contributed by atoms with Crippen molar-refractivity contribution in [1.82, 2.24) is 10.2 Å². The van der Waals surface area contributed by atoms with Gasteiger partial charge in [-0.1, -0.05) is 87.1 Å². The van der Waals surface area contributed by atoms with E-state index < -0.39 is 17.5 Å². The Kier molecular flexibility index (Phi) is 10.3. The maximum Gasteiger partial charge on any atom is 0.261 e. The maximum atomic E-state index is 13.7. The zero-order valence-electron chi connectivity index (χ0n) is 20.7. The molecule has 0 saturated heterocycles. The molecule has 0 heterocycles. The van der Waals surface area contributed by atoms with Crippen molar-refractivity contribution in [2.75, 3.05) is 6.61 Å². The molecule has 0 bridgehead atoms. The molecular formula is C28H28BrCl3N2O3. The third-order valence-corrected chi connectivity index (χ3v) is 6.75. The quantitative estimate of drug-likeness (QED) is 0.270. The van der Waals surface area contributed by atoms with E-state index in [1.54, 1.807) is 36.4 Å². The summed E-state index contributed by atoms with van der Waals surface area (Å²) in [6.45, 7) is 5.45. The highest BCUT2D eigenvalue weighted by molar-refractivity contribution is 9.10. The first-order valence-corrected chi connectivity index (χ1v) is 13.5. The summed E-state index contributed by atoms with van der Waals surface area (Å²) in [4.78, 5) is 28.8. The SMILES string of the molecule is CC(C)(C)NC(=O)[C@H](Cc1ccccc1)N(Cc1ccc(Cl)cc1Cl)C(=O)COc1ccc(Br)cc1Cl. The van der Waals surface area contributed by atoms with Crippen molar-refractivity contribution in [3.63, 3.8) is 0 Å². The highest BCUT2D eigenvalue weighted by Crippen LogP contribution is 2.28. The molecule has 1 N–H and O–H groups in total. The second-order valence-electron chi connectivity index (χ2n) is 9.57. The van der Waals surface area contributed by atoms with Gasteiger partial charge in [-0.15, -0.1) is 0 Å². The van der Waals surface area contributed by atoms with Gasteiger partial charge >= 0.3 is 0 Å². The van der Waals surface area contributed by atoms with Gasteiger partial charge in [0.25, 0.3) is 5.91 Å². The lowest BCUT2D eigenvalue weighted by Gasteiger charge is -2.34. The molecule has 0 aliphatic carbocycles. The lowest BCUT2D eigenvalue weighted by Crippen LogP contribution is -2.55. The number of hydrogen-bond donors (Lipinski definition) is 1. The number of ether oxygens (including phenoxy) is 1. The van der Waals surface area contributed by atoms with E-state index in [0.717, 1.165) is 10.0 Å². The Labute approximate surface area is 241 Å². The van der Waals surface area contributed by atoms with Gasteiger partial charge in [0.2, 0.25) is 5.91 Å². The van der Waals surface area contributed by atoms with Crippen LogP contribution in [0.5, 0.6) is 5.75 Å². The van der Waals surface area contributed by atoms with Gasteiger partial charge in [-0.05, 0) is 62.2 Å². The summed E-state index contributed by atoms with van der Waals surface area (Å²) in [6.07, 6.45) is 0.304. The van der Waals surface area contributed by atoms with Crippen molar-refractivity contribution in [2.24, 2.45) is 0 Å². The van der Waals surface area contributed by atoms with Crippen molar-refractivity contribution in [2.45, 2.75) is 45.3 Å². The Morgan fingerprint density at radius 2 is 1.68 bits per heavy atom. The summed E-state index contributed by atoms with van der Waals surface area (Å²) in [5, 5.41) is 4.26. The van der Waals surface area contributed by atoms with Crippen molar-refractivity contribution in [1.29, 1.82) is 0 Å². The van der Waals surface area contributed by atoms with Crippen LogP contribution in [0.4, 0.5) is 0 Å². The fourth-order valence-electron chi connectivity index (χ4n) is 3.65. The number of hydrogen-bond acceptors (Lipinski definition) is 3. The topological polar surface area (TPSA) is 58.6 Å². The molecule has 0 aliphatic heterocycles. The first kappa shape index (κ1) is 29.3. The second kappa shape index (κ2) is 13.0. The molecule has 3 rings (SSSR count). The molecule has 196 valence electrons. The van der Waals surface area contributed by atoms with Crippen molar-refractivity contribution in [3.05, 3.63) is 97.4 Å². The molecule has 0 fully saturated rings. The van der Waals surface area contributed by atoms with Gasteiger partial charge in [-0.3, -0.25) is 9.59 Å². The molecule has 9 heteroatoms. The maximum absolute atomic E-state index is 13.7. The summed E-state index contributed by atoms with van der Waals surface area (Å²) < 4.78 is 6.56. The number of nitrogens with one attached hydrogen (secondary N) is 1. The fourth-order valence-corrected chi connectivity index (χ4v) is 4.85. The molecule has 1 atom stereocenters. The van der Waals surface area contributed by atoms with Crippen LogP contribution in [0.3, 0.4) is 0 Å². The van der Waals surface area contributed by atoms with E-state index in [4.69, 9.17) is 39.5 Å². The van der Waals surface area contributed by atoms with Crippen molar-refractivity contribution >= 4 is 62.5 Å². The Balaban J connectivity index is 1.97. The molecule has 3 aromatic carbocycles. The molecule has 0 unspecified atom stereocenters. The van der Waals surface area contributed by atoms with Crippen LogP contribution in [0.15, 0.2) is 71.2 Å².